The first-order valence-corrected chi connectivity index (χ1v) is 7.91. The molecule has 4 heteroatoms. The minimum atomic E-state index is 0.340. The standard InChI is InChI=1S/C16H25ClN2O/c1-3-9-18-11-13-6-4-8-15(17)16(13)19(2)12-14-7-5-10-20-14/h4,6,8,14,18H,3,5,7,9-12H2,1-2H3. The lowest BCUT2D eigenvalue weighted by atomic mass is 10.1. The predicted octanol–water partition coefficient (Wildman–Crippen LogP) is 3.45. The van der Waals surface area contributed by atoms with Gasteiger partial charge in [0.05, 0.1) is 16.8 Å². The van der Waals surface area contributed by atoms with Gasteiger partial charge in [-0.2, -0.15) is 0 Å². The van der Waals surface area contributed by atoms with E-state index in [0.717, 1.165) is 49.8 Å². The number of halogens is 1. The molecule has 3 nitrogen and oxygen atoms in total. The van der Waals surface area contributed by atoms with Gasteiger partial charge in [0, 0.05) is 26.7 Å². The number of hydrogen-bond donors (Lipinski definition) is 1. The normalized spacial score (nSPS) is 18.4. The number of rotatable bonds is 7. The largest absolute Gasteiger partial charge is 0.376 e. The molecule has 1 aromatic rings. The van der Waals surface area contributed by atoms with Gasteiger partial charge in [-0.3, -0.25) is 0 Å². The number of nitrogens with one attached hydrogen (secondary N) is 1. The van der Waals surface area contributed by atoms with Crippen LogP contribution in [0.15, 0.2) is 18.2 Å². The second-order valence-electron chi connectivity index (χ2n) is 5.44. The fourth-order valence-corrected chi connectivity index (χ4v) is 3.05. The van der Waals surface area contributed by atoms with Crippen LogP contribution >= 0.6 is 11.6 Å². The highest BCUT2D eigenvalue weighted by Crippen LogP contribution is 2.30. The van der Waals surface area contributed by atoms with E-state index in [1.807, 2.05) is 12.1 Å². The minimum absolute atomic E-state index is 0.340. The Morgan fingerprint density at radius 2 is 2.30 bits per heavy atom. The Kier molecular flexibility index (Phi) is 6.14. The second kappa shape index (κ2) is 7.87. The van der Waals surface area contributed by atoms with Crippen LogP contribution in [0.1, 0.15) is 31.7 Å². The first-order chi connectivity index (χ1) is 9.72. The SMILES string of the molecule is CCCNCc1cccc(Cl)c1N(C)CC1CCCO1. The number of ether oxygens (including phenoxy) is 1. The van der Waals surface area contributed by atoms with Crippen molar-refractivity contribution in [2.45, 2.75) is 38.8 Å². The number of anilines is 1. The van der Waals surface area contributed by atoms with Crippen LogP contribution in [-0.2, 0) is 11.3 Å². The first-order valence-electron chi connectivity index (χ1n) is 7.53. The van der Waals surface area contributed by atoms with E-state index in [9.17, 15) is 0 Å². The molecule has 1 atom stereocenters. The molecule has 20 heavy (non-hydrogen) atoms. The zero-order chi connectivity index (χ0) is 14.4. The summed E-state index contributed by atoms with van der Waals surface area (Å²) in [7, 11) is 2.10. The molecule has 0 bridgehead atoms. The van der Waals surface area contributed by atoms with Crippen LogP contribution in [-0.4, -0.2) is 32.8 Å². The molecule has 0 radical (unpaired) electrons. The molecule has 0 aliphatic carbocycles. The van der Waals surface area contributed by atoms with E-state index >= 15 is 0 Å². The monoisotopic (exact) mass is 296 g/mol. The Morgan fingerprint density at radius 1 is 1.45 bits per heavy atom. The third-order valence-corrected chi connectivity index (χ3v) is 4.00. The van der Waals surface area contributed by atoms with E-state index in [-0.39, 0.29) is 0 Å². The molecule has 1 fully saturated rings. The van der Waals surface area contributed by atoms with Crippen molar-refractivity contribution in [3.63, 3.8) is 0 Å². The van der Waals surface area contributed by atoms with Crippen LogP contribution in [0.2, 0.25) is 5.02 Å². The van der Waals surface area contributed by atoms with Gasteiger partial charge in [0.2, 0.25) is 0 Å². The lowest BCUT2D eigenvalue weighted by Crippen LogP contribution is -2.30. The van der Waals surface area contributed by atoms with Gasteiger partial charge < -0.3 is 15.0 Å². The van der Waals surface area contributed by atoms with Gasteiger partial charge in [0.1, 0.15) is 0 Å². The van der Waals surface area contributed by atoms with E-state index in [0.29, 0.717) is 6.10 Å². The summed E-state index contributed by atoms with van der Waals surface area (Å²) < 4.78 is 5.72. The van der Waals surface area contributed by atoms with Crippen molar-refractivity contribution < 1.29 is 4.74 Å². The smallest absolute Gasteiger partial charge is 0.0750 e. The molecule has 0 amide bonds. The molecule has 1 aromatic carbocycles. The highest BCUT2D eigenvalue weighted by molar-refractivity contribution is 6.33. The molecular formula is C16H25ClN2O. The third kappa shape index (κ3) is 4.11. The van der Waals surface area contributed by atoms with Crippen LogP contribution in [0.3, 0.4) is 0 Å². The highest BCUT2D eigenvalue weighted by Gasteiger charge is 2.20. The third-order valence-electron chi connectivity index (χ3n) is 3.70. The molecule has 2 rings (SSSR count). The topological polar surface area (TPSA) is 24.5 Å². The van der Waals surface area contributed by atoms with Crippen LogP contribution in [0.25, 0.3) is 0 Å². The second-order valence-corrected chi connectivity index (χ2v) is 5.85. The van der Waals surface area contributed by atoms with E-state index in [1.165, 1.54) is 12.0 Å². The Labute approximate surface area is 127 Å². The summed E-state index contributed by atoms with van der Waals surface area (Å²) in [6.45, 7) is 5.87. The summed E-state index contributed by atoms with van der Waals surface area (Å²) in [6.07, 6.45) is 3.80. The average Bonchev–Trinajstić information content (AvgIpc) is 2.92. The van der Waals surface area contributed by atoms with Crippen molar-refractivity contribution in [1.29, 1.82) is 0 Å². The van der Waals surface area contributed by atoms with Crippen molar-refractivity contribution >= 4 is 17.3 Å². The Morgan fingerprint density at radius 3 is 3.00 bits per heavy atom. The molecule has 1 aliphatic rings. The molecule has 0 saturated carbocycles. The number of likely N-dealkylation sites (N-methyl/N-ethyl adjacent to an activating group) is 1. The quantitative estimate of drug-likeness (QED) is 0.780. The fourth-order valence-electron chi connectivity index (χ4n) is 2.72. The maximum Gasteiger partial charge on any atom is 0.0750 e. The molecule has 112 valence electrons. The molecule has 0 spiro atoms. The number of benzene rings is 1. The summed E-state index contributed by atoms with van der Waals surface area (Å²) >= 11 is 6.41. The molecular weight excluding hydrogens is 272 g/mol. The Bertz CT molecular complexity index is 419. The van der Waals surface area contributed by atoms with Crippen LogP contribution in [0, 0.1) is 0 Å². The zero-order valence-electron chi connectivity index (χ0n) is 12.5. The van der Waals surface area contributed by atoms with E-state index in [2.05, 4.69) is 30.3 Å². The van der Waals surface area contributed by atoms with E-state index in [1.54, 1.807) is 0 Å². The van der Waals surface area contributed by atoms with Crippen LogP contribution in [0.4, 0.5) is 5.69 Å². The zero-order valence-corrected chi connectivity index (χ0v) is 13.2. The van der Waals surface area contributed by atoms with Gasteiger partial charge in [-0.15, -0.1) is 0 Å². The summed E-state index contributed by atoms with van der Waals surface area (Å²) in [5.41, 5.74) is 2.39. The van der Waals surface area contributed by atoms with Crippen molar-refractivity contribution in [3.05, 3.63) is 28.8 Å². The number of para-hydroxylation sites is 1. The predicted molar refractivity (Wildman–Crippen MR) is 85.7 cm³/mol. The fraction of sp³-hybridized carbons (Fsp3) is 0.625. The van der Waals surface area contributed by atoms with Gasteiger partial charge >= 0.3 is 0 Å². The Hall–Kier alpha value is -0.770. The van der Waals surface area contributed by atoms with Gasteiger partial charge in [-0.25, -0.2) is 0 Å². The molecule has 1 N–H and O–H groups in total. The van der Waals surface area contributed by atoms with Gasteiger partial charge in [-0.1, -0.05) is 30.7 Å². The molecule has 1 heterocycles. The summed E-state index contributed by atoms with van der Waals surface area (Å²) in [5.74, 6) is 0. The molecule has 1 unspecified atom stereocenters. The van der Waals surface area contributed by atoms with Crippen molar-refractivity contribution in [2.24, 2.45) is 0 Å². The van der Waals surface area contributed by atoms with Gasteiger partial charge in [0.25, 0.3) is 0 Å². The van der Waals surface area contributed by atoms with Gasteiger partial charge in [-0.05, 0) is 37.4 Å². The average molecular weight is 297 g/mol. The van der Waals surface area contributed by atoms with Crippen molar-refractivity contribution in [1.82, 2.24) is 5.32 Å². The maximum atomic E-state index is 6.41. The van der Waals surface area contributed by atoms with Crippen LogP contribution in [0.5, 0.6) is 0 Å². The summed E-state index contributed by atoms with van der Waals surface area (Å²) in [4.78, 5) is 2.24. The number of nitrogens with zero attached hydrogens (tertiary/aromatic N) is 1. The maximum absolute atomic E-state index is 6.41. The number of hydrogen-bond acceptors (Lipinski definition) is 3. The molecule has 1 saturated heterocycles. The van der Waals surface area contributed by atoms with E-state index in [4.69, 9.17) is 16.3 Å². The van der Waals surface area contributed by atoms with E-state index < -0.39 is 0 Å². The van der Waals surface area contributed by atoms with Gasteiger partial charge in [0.15, 0.2) is 0 Å². The van der Waals surface area contributed by atoms with Crippen molar-refractivity contribution in [3.8, 4) is 0 Å². The molecule has 0 aromatic heterocycles. The highest BCUT2D eigenvalue weighted by atomic mass is 35.5. The molecule has 1 aliphatic heterocycles. The minimum Gasteiger partial charge on any atom is -0.376 e. The lowest BCUT2D eigenvalue weighted by Gasteiger charge is -2.26. The first kappa shape index (κ1) is 15.6. The Balaban J connectivity index is 2.06. The lowest BCUT2D eigenvalue weighted by molar-refractivity contribution is 0.116. The summed E-state index contributed by atoms with van der Waals surface area (Å²) in [5, 5.41) is 4.27. The van der Waals surface area contributed by atoms with Crippen molar-refractivity contribution in [2.75, 3.05) is 31.6 Å². The van der Waals surface area contributed by atoms with Crippen LogP contribution < -0.4 is 10.2 Å². The summed E-state index contributed by atoms with van der Waals surface area (Å²) in [6, 6.07) is 6.14.